The van der Waals surface area contributed by atoms with Gasteiger partial charge in [0.2, 0.25) is 0 Å². The van der Waals surface area contributed by atoms with Crippen molar-refractivity contribution in [1.29, 1.82) is 0 Å². The number of aromatic nitrogens is 2. The molecule has 1 aromatic heterocycles. The number of fused-ring (bicyclic) bond motifs is 1. The predicted octanol–water partition coefficient (Wildman–Crippen LogP) is 4.28. The minimum atomic E-state index is -0.853. The third-order valence-electron chi connectivity index (χ3n) is 4.80. The Morgan fingerprint density at radius 2 is 2.16 bits per heavy atom. The predicted molar refractivity (Wildman–Crippen MR) is 97.5 cm³/mol. The van der Waals surface area contributed by atoms with Crippen LogP contribution in [0.1, 0.15) is 25.7 Å². The summed E-state index contributed by atoms with van der Waals surface area (Å²) in [5.74, 6) is 0. The Balaban J connectivity index is 1.76. The zero-order valence-corrected chi connectivity index (χ0v) is 15.5. The molecule has 3 rings (SSSR count). The molecule has 2 atom stereocenters. The molecule has 2 heterocycles. The highest BCUT2D eigenvalue weighted by Gasteiger charge is 2.29. The van der Waals surface area contributed by atoms with E-state index in [0.29, 0.717) is 29.6 Å². The number of hydrogen-bond donors (Lipinski definition) is 1. The van der Waals surface area contributed by atoms with Crippen molar-refractivity contribution in [3.05, 3.63) is 28.5 Å². The summed E-state index contributed by atoms with van der Waals surface area (Å²) in [4.78, 5) is 17.3. The van der Waals surface area contributed by atoms with E-state index in [4.69, 9.17) is 27.9 Å². The second-order valence-corrected chi connectivity index (χ2v) is 7.19. The lowest BCUT2D eigenvalue weighted by molar-refractivity contribution is 0.0391. The molecule has 0 radical (unpaired) electrons. The molecule has 136 valence electrons. The first-order chi connectivity index (χ1) is 12.0. The highest BCUT2D eigenvalue weighted by Crippen LogP contribution is 2.28. The van der Waals surface area contributed by atoms with Crippen LogP contribution in [0.15, 0.2) is 18.5 Å². The number of imidazole rings is 1. The maximum absolute atomic E-state index is 11.4. The maximum Gasteiger partial charge on any atom is 0.407 e. The SMILES string of the molecule is COC(C[C@H]1CCCCN1C(=O)O)Cn1cnc2cc(Cl)c(Cl)cc21. The minimum absolute atomic E-state index is 0.0102. The van der Waals surface area contributed by atoms with Gasteiger partial charge in [-0.05, 0) is 37.8 Å². The van der Waals surface area contributed by atoms with Crippen molar-refractivity contribution < 1.29 is 14.6 Å². The van der Waals surface area contributed by atoms with Crippen LogP contribution >= 0.6 is 23.2 Å². The topological polar surface area (TPSA) is 67.6 Å². The van der Waals surface area contributed by atoms with Crippen LogP contribution in [-0.2, 0) is 11.3 Å². The van der Waals surface area contributed by atoms with Gasteiger partial charge in [0, 0.05) is 19.7 Å². The van der Waals surface area contributed by atoms with Crippen LogP contribution in [0.2, 0.25) is 10.0 Å². The van der Waals surface area contributed by atoms with E-state index in [1.54, 1.807) is 25.6 Å². The molecule has 1 N–H and O–H groups in total. The number of carbonyl (C=O) groups is 1. The fourth-order valence-electron chi connectivity index (χ4n) is 3.46. The monoisotopic (exact) mass is 385 g/mol. The lowest BCUT2D eigenvalue weighted by Crippen LogP contribution is -2.45. The first-order valence-corrected chi connectivity index (χ1v) is 9.07. The van der Waals surface area contributed by atoms with Crippen LogP contribution in [-0.4, -0.2) is 51.5 Å². The van der Waals surface area contributed by atoms with Crippen LogP contribution in [0.3, 0.4) is 0 Å². The number of benzene rings is 1. The zero-order chi connectivity index (χ0) is 18.0. The molecule has 0 spiro atoms. The second-order valence-electron chi connectivity index (χ2n) is 6.37. The minimum Gasteiger partial charge on any atom is -0.465 e. The standard InChI is InChI=1S/C17H21Cl2N3O3/c1-25-12(6-11-4-2-3-5-22(11)17(23)24)9-21-10-20-15-7-13(18)14(19)8-16(15)21/h7-8,10-12H,2-6,9H2,1H3,(H,23,24)/t11-,12?/m1/s1. The molecule has 8 heteroatoms. The van der Waals surface area contributed by atoms with Crippen molar-refractivity contribution in [2.24, 2.45) is 0 Å². The maximum atomic E-state index is 11.4. The molecule has 1 unspecified atom stereocenters. The van der Waals surface area contributed by atoms with Crippen molar-refractivity contribution in [1.82, 2.24) is 14.5 Å². The quantitative estimate of drug-likeness (QED) is 0.833. The fourth-order valence-corrected chi connectivity index (χ4v) is 3.78. The number of nitrogens with zero attached hydrogens (tertiary/aromatic N) is 3. The Labute approximate surface area is 156 Å². The molecule has 0 aliphatic carbocycles. The number of methoxy groups -OCH3 is 1. The van der Waals surface area contributed by atoms with E-state index in [0.717, 1.165) is 30.3 Å². The van der Waals surface area contributed by atoms with E-state index in [-0.39, 0.29) is 12.1 Å². The average molecular weight is 386 g/mol. The number of halogens is 2. The van der Waals surface area contributed by atoms with E-state index in [2.05, 4.69) is 4.98 Å². The number of amides is 1. The summed E-state index contributed by atoms with van der Waals surface area (Å²) in [7, 11) is 1.65. The lowest BCUT2D eigenvalue weighted by Gasteiger charge is -2.35. The van der Waals surface area contributed by atoms with E-state index < -0.39 is 6.09 Å². The van der Waals surface area contributed by atoms with Crippen LogP contribution in [0.25, 0.3) is 11.0 Å². The fraction of sp³-hybridized carbons (Fsp3) is 0.529. The summed E-state index contributed by atoms with van der Waals surface area (Å²) < 4.78 is 7.60. The smallest absolute Gasteiger partial charge is 0.407 e. The van der Waals surface area contributed by atoms with Crippen LogP contribution < -0.4 is 0 Å². The molecule has 1 aliphatic rings. The number of hydrogen-bond acceptors (Lipinski definition) is 3. The van der Waals surface area contributed by atoms with Gasteiger partial charge >= 0.3 is 6.09 Å². The van der Waals surface area contributed by atoms with Gasteiger partial charge in [-0.1, -0.05) is 23.2 Å². The Kier molecular flexibility index (Phi) is 5.71. The number of carboxylic acid groups (broad SMARTS) is 1. The summed E-state index contributed by atoms with van der Waals surface area (Å²) in [5.41, 5.74) is 1.66. The van der Waals surface area contributed by atoms with E-state index in [1.165, 1.54) is 4.90 Å². The Hall–Kier alpha value is -1.50. The van der Waals surface area contributed by atoms with Gasteiger partial charge in [0.05, 0.1) is 40.1 Å². The molecular formula is C17H21Cl2N3O3. The van der Waals surface area contributed by atoms with E-state index in [9.17, 15) is 9.90 Å². The summed E-state index contributed by atoms with van der Waals surface area (Å²) in [5, 5.41) is 10.3. The third kappa shape index (κ3) is 4.02. The first kappa shape index (κ1) is 18.3. The number of ether oxygens (including phenoxy) is 1. The van der Waals surface area contributed by atoms with Crippen LogP contribution in [0.5, 0.6) is 0 Å². The van der Waals surface area contributed by atoms with Gasteiger partial charge in [-0.2, -0.15) is 0 Å². The molecule has 1 aromatic carbocycles. The van der Waals surface area contributed by atoms with E-state index >= 15 is 0 Å². The molecule has 1 fully saturated rings. The number of likely N-dealkylation sites (tertiary alicyclic amines) is 1. The molecule has 0 bridgehead atoms. The number of piperidine rings is 1. The Morgan fingerprint density at radius 1 is 1.40 bits per heavy atom. The highest BCUT2D eigenvalue weighted by atomic mass is 35.5. The normalized spacial score (nSPS) is 19.3. The lowest BCUT2D eigenvalue weighted by atomic mass is 9.97. The summed E-state index contributed by atoms with van der Waals surface area (Å²) in [6, 6.07) is 3.53. The van der Waals surface area contributed by atoms with Crippen molar-refractivity contribution >= 4 is 40.3 Å². The van der Waals surface area contributed by atoms with Gasteiger partial charge in [0.25, 0.3) is 0 Å². The average Bonchev–Trinajstić information content (AvgIpc) is 2.96. The van der Waals surface area contributed by atoms with Gasteiger partial charge in [-0.15, -0.1) is 0 Å². The molecule has 1 saturated heterocycles. The van der Waals surface area contributed by atoms with Crippen molar-refractivity contribution in [3.63, 3.8) is 0 Å². The molecular weight excluding hydrogens is 365 g/mol. The highest BCUT2D eigenvalue weighted by molar-refractivity contribution is 6.42. The van der Waals surface area contributed by atoms with Gasteiger partial charge < -0.3 is 19.3 Å². The van der Waals surface area contributed by atoms with Crippen molar-refractivity contribution in [3.8, 4) is 0 Å². The summed E-state index contributed by atoms with van der Waals surface area (Å²) in [6.07, 6.45) is 4.27. The molecule has 6 nitrogen and oxygen atoms in total. The summed E-state index contributed by atoms with van der Waals surface area (Å²) in [6.45, 7) is 1.17. The molecule has 0 saturated carbocycles. The summed E-state index contributed by atoms with van der Waals surface area (Å²) >= 11 is 12.2. The van der Waals surface area contributed by atoms with Crippen molar-refractivity contribution in [2.75, 3.05) is 13.7 Å². The van der Waals surface area contributed by atoms with Crippen molar-refractivity contribution in [2.45, 2.75) is 44.4 Å². The largest absolute Gasteiger partial charge is 0.465 e. The molecule has 2 aromatic rings. The second kappa shape index (κ2) is 7.81. The molecule has 1 amide bonds. The molecule has 25 heavy (non-hydrogen) atoms. The van der Waals surface area contributed by atoms with Gasteiger partial charge in [0.1, 0.15) is 0 Å². The van der Waals surface area contributed by atoms with Gasteiger partial charge in [0.15, 0.2) is 0 Å². The Morgan fingerprint density at radius 3 is 2.88 bits per heavy atom. The van der Waals surface area contributed by atoms with Gasteiger partial charge in [-0.25, -0.2) is 9.78 Å². The Bertz CT molecular complexity index is 765. The zero-order valence-electron chi connectivity index (χ0n) is 14.0. The van der Waals surface area contributed by atoms with Crippen LogP contribution in [0.4, 0.5) is 4.79 Å². The van der Waals surface area contributed by atoms with E-state index in [1.807, 2.05) is 4.57 Å². The first-order valence-electron chi connectivity index (χ1n) is 8.32. The third-order valence-corrected chi connectivity index (χ3v) is 5.53. The van der Waals surface area contributed by atoms with Gasteiger partial charge in [-0.3, -0.25) is 0 Å². The van der Waals surface area contributed by atoms with Crippen LogP contribution in [0, 0.1) is 0 Å². The number of rotatable bonds is 5. The molecule has 1 aliphatic heterocycles.